The van der Waals surface area contributed by atoms with E-state index in [9.17, 15) is 22.0 Å². The molecule has 24 aromatic rings. The second-order valence-electron chi connectivity index (χ2n) is 30.6. The van der Waals surface area contributed by atoms with Gasteiger partial charge in [-0.2, -0.15) is 30.6 Å². The van der Waals surface area contributed by atoms with Gasteiger partial charge in [0.25, 0.3) is 0 Å². The molecule has 666 valence electrons. The highest BCUT2D eigenvalue weighted by molar-refractivity contribution is 6.32. The Morgan fingerprint density at radius 2 is 0.489 bits per heavy atom. The summed E-state index contributed by atoms with van der Waals surface area (Å²) in [5.74, 6) is -2.62. The number of halogens is 9. The van der Waals surface area contributed by atoms with Crippen LogP contribution in [0.4, 0.5) is 22.0 Å². The molecule has 6 aromatic carbocycles. The molecule has 0 saturated heterocycles. The van der Waals surface area contributed by atoms with Gasteiger partial charge in [0.15, 0.2) is 33.9 Å². The molecule has 24 rings (SSSR count). The van der Waals surface area contributed by atoms with Crippen molar-refractivity contribution in [1.82, 2.24) is 117 Å². The zero-order valence-electron chi connectivity index (χ0n) is 71.9. The SMILES string of the molecule is Cc1ccc(F)c(-c2ncccc2-c2ccn3ncnc3c2)c1.Cc1cccc(-c2ncccc2-c2ccn3ncnc3c2)c1.Clc1cccc(-c2ncccc2-c2ccn3ncnc3c2)c1.Fc1cc(F)c(-c2ncccc2-c2ccn3ncnc3c2)cc1Cl.Fc1ccc(-c2ncccc2-c2ccn3ncnc3c2)cc1Cl.Fc1ccc(Cl)cc1-c1ncccc1-c1ccn2ncnc2c1. The molecule has 0 spiro atoms. The molecule has 18 aromatic heterocycles. The zero-order valence-corrected chi connectivity index (χ0v) is 74.9. The fourth-order valence-corrected chi connectivity index (χ4v) is 16.0. The van der Waals surface area contributed by atoms with Gasteiger partial charge in [-0.3, -0.25) is 29.9 Å². The molecule has 0 amide bonds. The Bertz CT molecular complexity index is 8240. The van der Waals surface area contributed by atoms with Crippen LogP contribution in [0, 0.1) is 42.9 Å². The first-order valence-electron chi connectivity index (χ1n) is 42.1. The number of hydrogen-bond acceptors (Lipinski definition) is 18. The molecular weight excluding hydrogens is 1820 g/mol. The van der Waals surface area contributed by atoms with Crippen molar-refractivity contribution in [2.75, 3.05) is 0 Å². The monoisotopic (exact) mass is 1890 g/mol. The van der Waals surface area contributed by atoms with E-state index in [1.54, 1.807) is 113 Å². The van der Waals surface area contributed by atoms with Crippen molar-refractivity contribution >= 4 is 80.3 Å². The van der Waals surface area contributed by atoms with Crippen LogP contribution in [0.25, 0.3) is 168 Å². The highest BCUT2D eigenvalue weighted by Crippen LogP contribution is 2.41. The standard InChI is InChI=1S/C18H13FN4.C18H14N4.C17H9ClF2N4.2C17H10ClFN4.C17H11ClN4/c1-12-4-5-16(19)15(9-12)18-14(3-2-7-20-18)13-6-8-23-17(10-13)21-11-22-23;1-13-4-2-5-15(10-13)18-16(6-3-8-19-18)14-7-9-22-17(11-14)20-12-21-22;18-13-7-12(14(19)8-15(13)20)17-11(2-1-4-21-17)10-3-5-24-16(6-10)22-9-23-24;18-14-8-12(3-4-15(14)19)17-13(2-1-6-20-17)11-5-7-23-16(9-11)21-10-22-23;18-12-3-4-15(19)14(9-12)17-13(2-1-6-20-17)11-5-7-23-16(8-11)21-10-22-23;18-14-4-1-3-13(9-14)17-15(5-2-7-19-17)12-6-8-22-16(10-12)20-11-21-22/h2-11H,1H3;2-12H,1H3;1-9H;2*1-10H;1-11H. The predicted molar refractivity (Wildman–Crippen MR) is 519 cm³/mol. The molecule has 0 bridgehead atoms. The Labute approximate surface area is 796 Å². The third kappa shape index (κ3) is 19.8. The summed E-state index contributed by atoms with van der Waals surface area (Å²) >= 11 is 23.8. The van der Waals surface area contributed by atoms with Gasteiger partial charge in [-0.25, -0.2) is 78.9 Å². The highest BCUT2D eigenvalue weighted by atomic mass is 35.5. The molecule has 137 heavy (non-hydrogen) atoms. The molecule has 24 nitrogen and oxygen atoms in total. The molecular formula is C104H67Cl4F5N24. The van der Waals surface area contributed by atoms with Gasteiger partial charge < -0.3 is 0 Å². The van der Waals surface area contributed by atoms with Crippen molar-refractivity contribution in [1.29, 1.82) is 0 Å². The molecule has 0 atom stereocenters. The lowest BCUT2D eigenvalue weighted by molar-refractivity contribution is 0.585. The fourth-order valence-electron chi connectivity index (χ4n) is 15.3. The van der Waals surface area contributed by atoms with Crippen molar-refractivity contribution in [2.45, 2.75) is 13.8 Å². The van der Waals surface area contributed by atoms with Crippen LogP contribution in [0.3, 0.4) is 0 Å². The quantitative estimate of drug-likeness (QED) is 0.0813. The molecule has 0 N–H and O–H groups in total. The van der Waals surface area contributed by atoms with Gasteiger partial charge in [-0.1, -0.05) is 130 Å². The Hall–Kier alpha value is -17.3. The second kappa shape index (κ2) is 40.1. The van der Waals surface area contributed by atoms with Gasteiger partial charge in [-0.05, 0) is 229 Å². The highest BCUT2D eigenvalue weighted by Gasteiger charge is 2.22. The third-order valence-corrected chi connectivity index (χ3v) is 22.9. The third-order valence-electron chi connectivity index (χ3n) is 21.8. The maximum atomic E-state index is 14.3. The number of rotatable bonds is 12. The predicted octanol–water partition coefficient (Wildman–Crippen LogP) is 24.7. The minimum Gasteiger partial charge on any atom is -0.256 e. The average Bonchev–Trinajstić information content (AvgIpc) is 1.52. The van der Waals surface area contributed by atoms with Gasteiger partial charge in [0.1, 0.15) is 67.1 Å². The summed E-state index contributed by atoms with van der Waals surface area (Å²) in [6, 6.07) is 78.3. The maximum Gasteiger partial charge on any atom is 0.155 e. The van der Waals surface area contributed by atoms with E-state index in [4.69, 9.17) is 46.4 Å². The number of aromatic nitrogens is 24. The Kier molecular flexibility index (Phi) is 26.0. The fraction of sp³-hybridized carbons (Fsp3) is 0.0192. The van der Waals surface area contributed by atoms with E-state index in [-0.39, 0.29) is 27.2 Å². The summed E-state index contributed by atoms with van der Waals surface area (Å²) in [6.45, 7) is 4.03. The summed E-state index contributed by atoms with van der Waals surface area (Å²) in [5.41, 5.74) is 25.8. The van der Waals surface area contributed by atoms with Crippen molar-refractivity contribution < 1.29 is 22.0 Å². The van der Waals surface area contributed by atoms with E-state index in [1.165, 1.54) is 61.2 Å². The molecule has 0 aliphatic heterocycles. The van der Waals surface area contributed by atoms with E-state index >= 15 is 0 Å². The second-order valence-corrected chi connectivity index (χ2v) is 32.3. The first kappa shape index (κ1) is 89.0. The lowest BCUT2D eigenvalue weighted by Crippen LogP contribution is -1.95. The van der Waals surface area contributed by atoms with E-state index in [1.807, 2.05) is 202 Å². The summed E-state index contributed by atoms with van der Waals surface area (Å²) in [6.07, 6.45) is 30.3. The summed E-state index contributed by atoms with van der Waals surface area (Å²) in [7, 11) is 0. The van der Waals surface area contributed by atoms with Crippen LogP contribution < -0.4 is 0 Å². The van der Waals surface area contributed by atoms with Gasteiger partial charge in [0.2, 0.25) is 0 Å². The molecule has 0 unspecified atom stereocenters. The van der Waals surface area contributed by atoms with E-state index in [0.29, 0.717) is 55.1 Å². The first-order chi connectivity index (χ1) is 66.9. The lowest BCUT2D eigenvalue weighted by Gasteiger charge is -2.10. The van der Waals surface area contributed by atoms with E-state index in [0.717, 1.165) is 129 Å². The van der Waals surface area contributed by atoms with Crippen LogP contribution in [0.2, 0.25) is 20.1 Å². The molecule has 18 heterocycles. The number of hydrogen-bond donors (Lipinski definition) is 0. The zero-order chi connectivity index (χ0) is 94.0. The first-order valence-corrected chi connectivity index (χ1v) is 43.6. The van der Waals surface area contributed by atoms with Crippen LogP contribution in [0.15, 0.2) is 373 Å². The average molecular weight is 1890 g/mol. The van der Waals surface area contributed by atoms with Gasteiger partial charge in [-0.15, -0.1) is 0 Å². The molecule has 0 aliphatic carbocycles. The number of aryl methyl sites for hydroxylation is 2. The van der Waals surface area contributed by atoms with Crippen LogP contribution in [0.5, 0.6) is 0 Å². The van der Waals surface area contributed by atoms with Crippen molar-refractivity contribution in [2.24, 2.45) is 0 Å². The maximum absolute atomic E-state index is 14.3. The Balaban J connectivity index is 0.000000105. The van der Waals surface area contributed by atoms with Crippen LogP contribution in [-0.2, 0) is 0 Å². The molecule has 0 aliphatic rings. The smallest absolute Gasteiger partial charge is 0.155 e. The van der Waals surface area contributed by atoms with Gasteiger partial charge >= 0.3 is 0 Å². The molecule has 0 fully saturated rings. The van der Waals surface area contributed by atoms with Crippen molar-refractivity contribution in [3.63, 3.8) is 0 Å². The molecule has 0 saturated carbocycles. The van der Waals surface area contributed by atoms with Crippen LogP contribution >= 0.6 is 46.4 Å². The number of nitrogens with zero attached hydrogens (tertiary/aromatic N) is 24. The van der Waals surface area contributed by atoms with Crippen molar-refractivity contribution in [3.8, 4) is 134 Å². The van der Waals surface area contributed by atoms with Crippen LogP contribution in [0.1, 0.15) is 11.1 Å². The van der Waals surface area contributed by atoms with Gasteiger partial charge in [0.05, 0.1) is 44.2 Å². The minimum atomic E-state index is -0.805. The largest absolute Gasteiger partial charge is 0.256 e. The Morgan fingerprint density at radius 3 is 0.847 bits per heavy atom. The normalized spacial score (nSPS) is 11.0. The van der Waals surface area contributed by atoms with Crippen molar-refractivity contribution in [3.05, 3.63) is 433 Å². The number of fused-ring (bicyclic) bond motifs is 6. The lowest BCUT2D eigenvalue weighted by atomic mass is 9.98. The summed E-state index contributed by atoms with van der Waals surface area (Å²) in [4.78, 5) is 51.8. The minimum absolute atomic E-state index is 0.0759. The van der Waals surface area contributed by atoms with E-state index in [2.05, 4.69) is 128 Å². The van der Waals surface area contributed by atoms with Crippen LogP contribution in [-0.4, -0.2) is 117 Å². The number of benzene rings is 6. The van der Waals surface area contributed by atoms with E-state index < -0.39 is 17.5 Å². The molecule has 33 heteroatoms. The number of pyridine rings is 12. The summed E-state index contributed by atoms with van der Waals surface area (Å²) in [5, 5.41) is 25.6. The Morgan fingerprint density at radius 1 is 0.197 bits per heavy atom. The summed E-state index contributed by atoms with van der Waals surface area (Å²) < 4.78 is 79.8. The topological polar surface area (TPSA) is 258 Å². The van der Waals surface area contributed by atoms with Gasteiger partial charge in [0, 0.05) is 157 Å². The molecule has 0 radical (unpaired) electrons.